The van der Waals surface area contributed by atoms with Crippen LogP contribution in [0.4, 0.5) is 5.69 Å². The molecule has 0 bridgehead atoms. The first-order valence-corrected chi connectivity index (χ1v) is 7.78. The molecule has 1 aliphatic rings. The molecule has 0 aliphatic carbocycles. The van der Waals surface area contributed by atoms with Crippen LogP contribution in [0.25, 0.3) is 0 Å². The molecule has 1 saturated heterocycles. The van der Waals surface area contributed by atoms with Gasteiger partial charge in [0.25, 0.3) is 0 Å². The Morgan fingerprint density at radius 2 is 2.10 bits per heavy atom. The first-order chi connectivity index (χ1) is 9.59. The minimum atomic E-state index is -3.55. The van der Waals surface area contributed by atoms with Gasteiger partial charge in [-0.15, -0.1) is 0 Å². The SMILES string of the molecule is COc1ccc(S(=O)(=O)N2CCOCC2)cc1N=C=S. The fourth-order valence-electron chi connectivity index (χ4n) is 1.90. The Labute approximate surface area is 123 Å². The van der Waals surface area contributed by atoms with E-state index < -0.39 is 10.0 Å². The molecule has 0 N–H and O–H groups in total. The number of hydrogen-bond acceptors (Lipinski definition) is 6. The van der Waals surface area contributed by atoms with Gasteiger partial charge in [-0.05, 0) is 30.4 Å². The summed E-state index contributed by atoms with van der Waals surface area (Å²) in [7, 11) is -2.07. The molecule has 2 rings (SSSR count). The number of nitrogens with zero attached hydrogens (tertiary/aromatic N) is 2. The lowest BCUT2D eigenvalue weighted by Crippen LogP contribution is -2.40. The highest BCUT2D eigenvalue weighted by atomic mass is 32.2. The Balaban J connectivity index is 2.41. The number of benzene rings is 1. The highest BCUT2D eigenvalue weighted by Gasteiger charge is 2.27. The van der Waals surface area contributed by atoms with Crippen LogP contribution < -0.4 is 4.74 Å². The Kier molecular flexibility index (Phi) is 4.85. The molecular weight excluding hydrogens is 300 g/mol. The normalized spacial score (nSPS) is 16.4. The van der Waals surface area contributed by atoms with Crippen molar-refractivity contribution in [2.45, 2.75) is 4.90 Å². The highest BCUT2D eigenvalue weighted by Crippen LogP contribution is 2.31. The van der Waals surface area contributed by atoms with Gasteiger partial charge in [0.05, 0.1) is 30.4 Å². The molecule has 0 atom stereocenters. The Bertz CT molecular complexity index is 633. The number of isothiocyanates is 1. The number of methoxy groups -OCH3 is 1. The van der Waals surface area contributed by atoms with E-state index in [1.807, 2.05) is 0 Å². The Morgan fingerprint density at radius 3 is 2.70 bits per heavy atom. The molecule has 0 unspecified atom stereocenters. The van der Waals surface area contributed by atoms with Crippen LogP contribution in [0.15, 0.2) is 28.1 Å². The molecule has 8 heteroatoms. The fraction of sp³-hybridized carbons (Fsp3) is 0.417. The van der Waals surface area contributed by atoms with Gasteiger partial charge in [-0.2, -0.15) is 9.30 Å². The molecule has 1 fully saturated rings. The maximum absolute atomic E-state index is 12.5. The van der Waals surface area contributed by atoms with Crippen LogP contribution in [-0.2, 0) is 14.8 Å². The van der Waals surface area contributed by atoms with Crippen LogP contribution >= 0.6 is 12.2 Å². The van der Waals surface area contributed by atoms with Crippen LogP contribution in [0.2, 0.25) is 0 Å². The van der Waals surface area contributed by atoms with E-state index in [0.29, 0.717) is 37.7 Å². The van der Waals surface area contributed by atoms with Crippen molar-refractivity contribution in [3.05, 3.63) is 18.2 Å². The summed E-state index contributed by atoms with van der Waals surface area (Å²) < 4.78 is 36.6. The molecule has 6 nitrogen and oxygen atoms in total. The summed E-state index contributed by atoms with van der Waals surface area (Å²) in [4.78, 5) is 3.99. The van der Waals surface area contributed by atoms with Gasteiger partial charge in [0.15, 0.2) is 0 Å². The molecule has 1 aliphatic heterocycles. The molecule has 1 aromatic rings. The van der Waals surface area contributed by atoms with Gasteiger partial charge in [-0.1, -0.05) is 0 Å². The zero-order valence-electron chi connectivity index (χ0n) is 10.9. The van der Waals surface area contributed by atoms with Gasteiger partial charge in [-0.25, -0.2) is 8.42 Å². The maximum Gasteiger partial charge on any atom is 0.243 e. The number of sulfonamides is 1. The fourth-order valence-corrected chi connectivity index (χ4v) is 3.43. The standard InChI is InChI=1S/C12H14N2O4S2/c1-17-12-3-2-10(8-11(12)13-9-19)20(15,16)14-4-6-18-7-5-14/h2-3,8H,4-7H2,1H3. The lowest BCUT2D eigenvalue weighted by molar-refractivity contribution is 0.0730. The van der Waals surface area contributed by atoms with E-state index in [2.05, 4.69) is 22.4 Å². The predicted molar refractivity (Wildman–Crippen MR) is 77.3 cm³/mol. The van der Waals surface area contributed by atoms with E-state index in [0.717, 1.165) is 0 Å². The van der Waals surface area contributed by atoms with Crippen LogP contribution in [0.3, 0.4) is 0 Å². The topological polar surface area (TPSA) is 68.2 Å². The molecular formula is C12H14N2O4S2. The van der Waals surface area contributed by atoms with Crippen molar-refractivity contribution in [1.29, 1.82) is 0 Å². The summed E-state index contributed by atoms with van der Waals surface area (Å²) in [5.74, 6) is 0.447. The number of morpholine rings is 1. The van der Waals surface area contributed by atoms with Crippen molar-refractivity contribution >= 4 is 33.1 Å². The number of rotatable bonds is 4. The van der Waals surface area contributed by atoms with Crippen molar-refractivity contribution in [3.63, 3.8) is 0 Å². The number of hydrogen-bond donors (Lipinski definition) is 0. The van der Waals surface area contributed by atoms with Gasteiger partial charge >= 0.3 is 0 Å². The van der Waals surface area contributed by atoms with Crippen LogP contribution in [0.5, 0.6) is 5.75 Å². The monoisotopic (exact) mass is 314 g/mol. The van der Waals surface area contributed by atoms with Crippen molar-refractivity contribution in [2.24, 2.45) is 4.99 Å². The minimum Gasteiger partial charge on any atom is -0.494 e. The molecule has 0 spiro atoms. The summed E-state index contributed by atoms with van der Waals surface area (Å²) in [6.45, 7) is 1.50. The van der Waals surface area contributed by atoms with Crippen LogP contribution in [0, 0.1) is 0 Å². The molecule has 1 heterocycles. The quantitative estimate of drug-likeness (QED) is 0.621. The third-order valence-corrected chi connectivity index (χ3v) is 4.91. The van der Waals surface area contributed by atoms with Gasteiger partial charge in [0.2, 0.25) is 10.0 Å². The molecule has 0 radical (unpaired) electrons. The average molecular weight is 314 g/mol. The lowest BCUT2D eigenvalue weighted by Gasteiger charge is -2.26. The summed E-state index contributed by atoms with van der Waals surface area (Å²) in [6.07, 6.45) is 0. The summed E-state index contributed by atoms with van der Waals surface area (Å²) in [5.41, 5.74) is 0.344. The van der Waals surface area contributed by atoms with Gasteiger partial charge in [-0.3, -0.25) is 0 Å². The van der Waals surface area contributed by atoms with Crippen molar-refractivity contribution < 1.29 is 17.9 Å². The summed E-state index contributed by atoms with van der Waals surface area (Å²) in [5, 5.41) is 2.22. The van der Waals surface area contributed by atoms with Gasteiger partial charge in [0, 0.05) is 13.1 Å². The molecule has 1 aromatic carbocycles. The van der Waals surface area contributed by atoms with Crippen LogP contribution in [-0.4, -0.2) is 51.3 Å². The van der Waals surface area contributed by atoms with E-state index in [1.54, 1.807) is 6.07 Å². The van der Waals surface area contributed by atoms with E-state index in [4.69, 9.17) is 9.47 Å². The second-order valence-corrected chi connectivity index (χ2v) is 6.17. The molecule has 108 valence electrons. The van der Waals surface area contributed by atoms with E-state index in [1.165, 1.54) is 23.5 Å². The van der Waals surface area contributed by atoms with Gasteiger partial charge in [0.1, 0.15) is 11.4 Å². The zero-order chi connectivity index (χ0) is 14.6. The molecule has 0 amide bonds. The maximum atomic E-state index is 12.5. The first kappa shape index (κ1) is 15.1. The third-order valence-electron chi connectivity index (χ3n) is 2.92. The number of thiocarbonyl (C=S) groups is 1. The molecule has 0 saturated carbocycles. The smallest absolute Gasteiger partial charge is 0.243 e. The van der Waals surface area contributed by atoms with Crippen molar-refractivity contribution in [2.75, 3.05) is 33.4 Å². The molecule has 20 heavy (non-hydrogen) atoms. The van der Waals surface area contributed by atoms with E-state index >= 15 is 0 Å². The van der Waals surface area contributed by atoms with Crippen molar-refractivity contribution in [1.82, 2.24) is 4.31 Å². The lowest BCUT2D eigenvalue weighted by atomic mass is 10.3. The number of aliphatic imine (C=N–C) groups is 1. The summed E-state index contributed by atoms with van der Waals surface area (Å²) >= 11 is 4.55. The summed E-state index contributed by atoms with van der Waals surface area (Å²) in [6, 6.07) is 4.48. The zero-order valence-corrected chi connectivity index (χ0v) is 12.5. The highest BCUT2D eigenvalue weighted by molar-refractivity contribution is 7.89. The minimum absolute atomic E-state index is 0.157. The predicted octanol–water partition coefficient (Wildman–Crippen LogP) is 1.45. The van der Waals surface area contributed by atoms with Crippen molar-refractivity contribution in [3.8, 4) is 5.75 Å². The van der Waals surface area contributed by atoms with E-state index in [9.17, 15) is 8.42 Å². The Hall–Kier alpha value is -1.31. The second-order valence-electron chi connectivity index (χ2n) is 4.05. The Morgan fingerprint density at radius 1 is 1.40 bits per heavy atom. The first-order valence-electron chi connectivity index (χ1n) is 5.93. The van der Waals surface area contributed by atoms with Crippen LogP contribution in [0.1, 0.15) is 0 Å². The molecule has 0 aromatic heterocycles. The number of ether oxygens (including phenoxy) is 2. The second kappa shape index (κ2) is 6.43. The van der Waals surface area contributed by atoms with E-state index in [-0.39, 0.29) is 4.90 Å². The largest absolute Gasteiger partial charge is 0.494 e. The average Bonchev–Trinajstić information content (AvgIpc) is 2.48. The third kappa shape index (κ3) is 3.05. The van der Waals surface area contributed by atoms with Gasteiger partial charge < -0.3 is 9.47 Å².